The Morgan fingerprint density at radius 3 is 2.50 bits per heavy atom. The fraction of sp³-hybridized carbons (Fsp3) is 0.583. The molecule has 18 heavy (non-hydrogen) atoms. The predicted octanol–water partition coefficient (Wildman–Crippen LogP) is 0.139. The molecular formula is C12H18N4O2. The van der Waals surface area contributed by atoms with Gasteiger partial charge < -0.3 is 14.9 Å². The molecule has 0 saturated carbocycles. The Balaban J connectivity index is 2.06. The fourth-order valence-corrected chi connectivity index (χ4v) is 1.93. The first-order chi connectivity index (χ1) is 8.58. The Hall–Kier alpha value is -1.69. The van der Waals surface area contributed by atoms with Gasteiger partial charge in [-0.25, -0.2) is 0 Å². The number of nitrogens with zero attached hydrogens (tertiary/aromatic N) is 4. The Morgan fingerprint density at radius 1 is 1.33 bits per heavy atom. The molecule has 1 aromatic rings. The van der Waals surface area contributed by atoms with Crippen LogP contribution in [0.4, 0.5) is 5.82 Å². The highest BCUT2D eigenvalue weighted by Crippen LogP contribution is 2.17. The van der Waals surface area contributed by atoms with E-state index >= 15 is 0 Å². The molecule has 0 unspecified atom stereocenters. The van der Waals surface area contributed by atoms with Crippen molar-refractivity contribution in [3.8, 4) is 0 Å². The van der Waals surface area contributed by atoms with Crippen molar-refractivity contribution in [2.75, 3.05) is 32.1 Å². The molecule has 0 bridgehead atoms. The van der Waals surface area contributed by atoms with Crippen molar-refractivity contribution in [2.45, 2.75) is 18.9 Å². The minimum atomic E-state index is -0.205. The lowest BCUT2D eigenvalue weighted by Gasteiger charge is -2.30. The standard InChI is InChI=1S/C12H18N4O2/c1-15(2)12(18)10-3-4-11(14-13-10)16-7-5-9(17)6-8-16/h3-4,9,17H,5-8H2,1-2H3. The summed E-state index contributed by atoms with van der Waals surface area (Å²) in [5.41, 5.74) is 0.348. The maximum Gasteiger partial charge on any atom is 0.273 e. The van der Waals surface area contributed by atoms with Crippen LogP contribution in [-0.4, -0.2) is 59.4 Å². The maximum absolute atomic E-state index is 11.7. The van der Waals surface area contributed by atoms with Crippen molar-refractivity contribution < 1.29 is 9.90 Å². The molecule has 1 saturated heterocycles. The number of rotatable bonds is 2. The highest BCUT2D eigenvalue weighted by atomic mass is 16.3. The molecule has 1 N–H and O–H groups in total. The van der Waals surface area contributed by atoms with Crippen LogP contribution in [-0.2, 0) is 0 Å². The van der Waals surface area contributed by atoms with Gasteiger partial charge in [0.05, 0.1) is 6.10 Å². The second-order valence-corrected chi connectivity index (χ2v) is 4.69. The van der Waals surface area contributed by atoms with Crippen molar-refractivity contribution in [1.29, 1.82) is 0 Å². The summed E-state index contributed by atoms with van der Waals surface area (Å²) in [7, 11) is 3.37. The van der Waals surface area contributed by atoms with Gasteiger partial charge in [0.25, 0.3) is 5.91 Å². The van der Waals surface area contributed by atoms with Crippen molar-refractivity contribution in [3.05, 3.63) is 17.8 Å². The Bertz CT molecular complexity index is 411. The number of aliphatic hydroxyl groups is 1. The van der Waals surface area contributed by atoms with Gasteiger partial charge in [-0.3, -0.25) is 4.79 Å². The SMILES string of the molecule is CN(C)C(=O)c1ccc(N2CCC(O)CC2)nn1. The molecule has 6 nitrogen and oxygen atoms in total. The number of hydrogen-bond acceptors (Lipinski definition) is 5. The summed E-state index contributed by atoms with van der Waals surface area (Å²) in [6.07, 6.45) is 1.30. The molecule has 1 amide bonds. The fourth-order valence-electron chi connectivity index (χ4n) is 1.93. The van der Waals surface area contributed by atoms with Gasteiger partial charge in [0.15, 0.2) is 11.5 Å². The number of aliphatic hydroxyl groups excluding tert-OH is 1. The minimum Gasteiger partial charge on any atom is -0.393 e. The monoisotopic (exact) mass is 250 g/mol. The van der Waals surface area contributed by atoms with E-state index in [9.17, 15) is 9.90 Å². The second kappa shape index (κ2) is 5.30. The van der Waals surface area contributed by atoms with Crippen LogP contribution in [0.3, 0.4) is 0 Å². The number of carbonyl (C=O) groups excluding carboxylic acids is 1. The maximum atomic E-state index is 11.7. The Kier molecular flexibility index (Phi) is 3.76. The summed E-state index contributed by atoms with van der Waals surface area (Å²) in [6, 6.07) is 3.50. The number of hydrogen-bond donors (Lipinski definition) is 1. The molecule has 0 spiro atoms. The lowest BCUT2D eigenvalue weighted by Crippen LogP contribution is -2.36. The topological polar surface area (TPSA) is 69.6 Å². The van der Waals surface area contributed by atoms with Crippen molar-refractivity contribution in [1.82, 2.24) is 15.1 Å². The number of aromatic nitrogens is 2. The molecule has 98 valence electrons. The Morgan fingerprint density at radius 2 is 2.00 bits per heavy atom. The van der Waals surface area contributed by atoms with E-state index in [0.717, 1.165) is 31.7 Å². The highest BCUT2D eigenvalue weighted by Gasteiger charge is 2.19. The average Bonchev–Trinajstić information content (AvgIpc) is 2.39. The lowest BCUT2D eigenvalue weighted by atomic mass is 10.1. The van der Waals surface area contributed by atoms with Gasteiger partial charge in [-0.1, -0.05) is 0 Å². The van der Waals surface area contributed by atoms with E-state index in [0.29, 0.717) is 5.69 Å². The zero-order valence-corrected chi connectivity index (χ0v) is 10.7. The highest BCUT2D eigenvalue weighted by molar-refractivity contribution is 5.91. The number of piperidine rings is 1. The van der Waals surface area contributed by atoms with Crippen LogP contribution >= 0.6 is 0 Å². The smallest absolute Gasteiger partial charge is 0.273 e. The van der Waals surface area contributed by atoms with Gasteiger partial charge in [-0.2, -0.15) is 0 Å². The van der Waals surface area contributed by atoms with Crippen LogP contribution in [0.1, 0.15) is 23.3 Å². The molecule has 1 aliphatic heterocycles. The first kappa shape index (κ1) is 12.8. The predicted molar refractivity (Wildman–Crippen MR) is 67.5 cm³/mol. The molecule has 6 heteroatoms. The summed E-state index contributed by atoms with van der Waals surface area (Å²) in [5, 5.41) is 17.5. The first-order valence-corrected chi connectivity index (χ1v) is 6.06. The molecule has 2 rings (SSSR count). The largest absolute Gasteiger partial charge is 0.393 e. The van der Waals surface area contributed by atoms with E-state index in [1.807, 2.05) is 0 Å². The van der Waals surface area contributed by atoms with Gasteiger partial charge >= 0.3 is 0 Å². The van der Waals surface area contributed by atoms with Crippen LogP contribution in [0, 0.1) is 0 Å². The zero-order valence-electron chi connectivity index (χ0n) is 10.7. The van der Waals surface area contributed by atoms with Gasteiger partial charge in [-0.05, 0) is 25.0 Å². The van der Waals surface area contributed by atoms with Gasteiger partial charge in [0.1, 0.15) is 0 Å². The van der Waals surface area contributed by atoms with Crippen LogP contribution in [0.2, 0.25) is 0 Å². The minimum absolute atomic E-state index is 0.150. The van der Waals surface area contributed by atoms with E-state index in [1.165, 1.54) is 4.90 Å². The van der Waals surface area contributed by atoms with E-state index in [1.54, 1.807) is 26.2 Å². The molecule has 1 aromatic heterocycles. The average molecular weight is 250 g/mol. The first-order valence-electron chi connectivity index (χ1n) is 6.06. The summed E-state index contributed by atoms with van der Waals surface area (Å²) in [6.45, 7) is 1.55. The molecule has 1 aliphatic rings. The molecule has 0 radical (unpaired) electrons. The summed E-state index contributed by atoms with van der Waals surface area (Å²) < 4.78 is 0. The van der Waals surface area contributed by atoms with Crippen LogP contribution in [0.15, 0.2) is 12.1 Å². The number of anilines is 1. The Labute approximate surface area is 106 Å². The third-order valence-electron chi connectivity index (χ3n) is 3.06. The third-order valence-corrected chi connectivity index (χ3v) is 3.06. The third kappa shape index (κ3) is 2.76. The van der Waals surface area contributed by atoms with Gasteiger partial charge in [0.2, 0.25) is 0 Å². The molecule has 0 aromatic carbocycles. The molecule has 0 aliphatic carbocycles. The summed E-state index contributed by atoms with van der Waals surface area (Å²) in [4.78, 5) is 15.2. The molecule has 0 atom stereocenters. The van der Waals surface area contributed by atoms with Crippen molar-refractivity contribution in [3.63, 3.8) is 0 Å². The summed E-state index contributed by atoms with van der Waals surface area (Å²) >= 11 is 0. The van der Waals surface area contributed by atoms with E-state index in [4.69, 9.17) is 0 Å². The zero-order chi connectivity index (χ0) is 13.1. The van der Waals surface area contributed by atoms with E-state index < -0.39 is 0 Å². The van der Waals surface area contributed by atoms with Crippen LogP contribution in [0.25, 0.3) is 0 Å². The van der Waals surface area contributed by atoms with Gasteiger partial charge in [0, 0.05) is 27.2 Å². The van der Waals surface area contributed by atoms with Crippen molar-refractivity contribution in [2.24, 2.45) is 0 Å². The van der Waals surface area contributed by atoms with Gasteiger partial charge in [-0.15, -0.1) is 10.2 Å². The number of carbonyl (C=O) groups is 1. The van der Waals surface area contributed by atoms with Crippen LogP contribution < -0.4 is 4.90 Å². The molecule has 2 heterocycles. The second-order valence-electron chi connectivity index (χ2n) is 4.69. The van der Waals surface area contributed by atoms with Crippen molar-refractivity contribution >= 4 is 11.7 Å². The van der Waals surface area contributed by atoms with E-state index in [2.05, 4.69) is 15.1 Å². The van der Waals surface area contributed by atoms with E-state index in [-0.39, 0.29) is 12.0 Å². The normalized spacial score (nSPS) is 16.7. The van der Waals surface area contributed by atoms with Crippen LogP contribution in [0.5, 0.6) is 0 Å². The quantitative estimate of drug-likeness (QED) is 0.808. The summed E-state index contributed by atoms with van der Waals surface area (Å²) in [5.74, 6) is 0.611. The number of amides is 1. The lowest BCUT2D eigenvalue weighted by molar-refractivity contribution is 0.0821. The molecular weight excluding hydrogens is 232 g/mol. The molecule has 1 fully saturated rings.